The van der Waals surface area contributed by atoms with Crippen molar-refractivity contribution in [3.8, 4) is 12.1 Å². The summed E-state index contributed by atoms with van der Waals surface area (Å²) < 4.78 is 17.0. The van der Waals surface area contributed by atoms with E-state index in [1.807, 2.05) is 6.92 Å². The van der Waals surface area contributed by atoms with E-state index in [0.29, 0.717) is 45.7 Å². The maximum absolute atomic E-state index is 15.3. The smallest absolute Gasteiger partial charge is 0.144 e. The summed E-state index contributed by atoms with van der Waals surface area (Å²) in [5.74, 6) is -0.543. The number of rotatable bonds is 7. The third-order valence-electron chi connectivity index (χ3n) is 7.10. The van der Waals surface area contributed by atoms with Crippen LogP contribution in [0.15, 0.2) is 36.5 Å². The van der Waals surface area contributed by atoms with Crippen LogP contribution in [-0.2, 0) is 5.54 Å². The molecule has 11 heteroatoms. The van der Waals surface area contributed by atoms with Crippen molar-refractivity contribution in [2.75, 3.05) is 17.2 Å². The molecule has 2 aromatic heterocycles. The predicted molar refractivity (Wildman–Crippen MR) is 154 cm³/mol. The molecule has 4 aromatic rings. The maximum atomic E-state index is 15.3. The second-order valence-electron chi connectivity index (χ2n) is 11.6. The molecule has 2 radical (unpaired) electrons. The summed E-state index contributed by atoms with van der Waals surface area (Å²) in [5, 5.41) is 35.9. The molecule has 1 aliphatic carbocycles. The number of nitrogens with one attached hydrogen (secondary N) is 2. The normalized spacial score (nSPS) is 14.8. The van der Waals surface area contributed by atoms with Gasteiger partial charge in [-0.1, -0.05) is 43.7 Å². The first-order valence-corrected chi connectivity index (χ1v) is 13.3. The van der Waals surface area contributed by atoms with E-state index in [-0.39, 0.29) is 27.1 Å². The standard InChI is InChI=1S/C29H27BClFN8/c1-28(2,3)15-36-24-17(13-34)14-35-23-16(12-33)10-18(11-19(23)24)37-25(22-20(31)6-5-7-21(22)32)26-27(30)40(39-38-26)29(4)8-9-29/h5-7,10-11,14,25,37H,8-9,15H2,1-4H3,(H,35,36)/t25-/m0/s1. The zero-order valence-electron chi connectivity index (χ0n) is 22.7. The lowest BCUT2D eigenvalue weighted by Gasteiger charge is -2.23. The van der Waals surface area contributed by atoms with Gasteiger partial charge in [0, 0.05) is 40.0 Å². The average molecular weight is 553 g/mol. The molecule has 40 heavy (non-hydrogen) atoms. The minimum absolute atomic E-state index is 0.0789. The maximum Gasteiger partial charge on any atom is 0.144 e. The van der Waals surface area contributed by atoms with Gasteiger partial charge in [0.25, 0.3) is 0 Å². The number of pyridine rings is 1. The number of hydrogen-bond acceptors (Lipinski definition) is 7. The lowest BCUT2D eigenvalue weighted by Crippen LogP contribution is -2.31. The molecule has 200 valence electrons. The monoisotopic (exact) mass is 552 g/mol. The van der Waals surface area contributed by atoms with E-state index in [9.17, 15) is 10.5 Å². The van der Waals surface area contributed by atoms with Crippen LogP contribution in [0.3, 0.4) is 0 Å². The van der Waals surface area contributed by atoms with Gasteiger partial charge in [-0.25, -0.2) is 4.39 Å². The lowest BCUT2D eigenvalue weighted by molar-refractivity contribution is 0.443. The van der Waals surface area contributed by atoms with Crippen molar-refractivity contribution in [2.45, 2.75) is 52.1 Å². The number of nitrogens with zero attached hydrogens (tertiary/aromatic N) is 6. The van der Waals surface area contributed by atoms with Gasteiger partial charge in [0.1, 0.15) is 37.5 Å². The molecule has 1 saturated carbocycles. The Morgan fingerprint density at radius 1 is 1.20 bits per heavy atom. The van der Waals surface area contributed by atoms with Crippen molar-refractivity contribution < 1.29 is 4.39 Å². The van der Waals surface area contributed by atoms with E-state index >= 15 is 4.39 Å². The van der Waals surface area contributed by atoms with Gasteiger partial charge in [0.05, 0.1) is 27.9 Å². The fraction of sp³-hybridized carbons (Fsp3) is 0.345. The number of fused-ring (bicyclic) bond motifs is 1. The van der Waals surface area contributed by atoms with Crippen LogP contribution in [0.4, 0.5) is 15.8 Å². The molecule has 2 aromatic carbocycles. The van der Waals surface area contributed by atoms with Gasteiger partial charge in [0.15, 0.2) is 0 Å². The fourth-order valence-electron chi connectivity index (χ4n) is 4.63. The van der Waals surface area contributed by atoms with Gasteiger partial charge in [-0.2, -0.15) is 10.5 Å². The quantitative estimate of drug-likeness (QED) is 0.298. The largest absolute Gasteiger partial charge is 0.383 e. The molecular weight excluding hydrogens is 526 g/mol. The Labute approximate surface area is 238 Å². The molecule has 2 N–H and O–H groups in total. The predicted octanol–water partition coefficient (Wildman–Crippen LogP) is 5.32. The second-order valence-corrected chi connectivity index (χ2v) is 12.0. The molecule has 0 unspecified atom stereocenters. The van der Waals surface area contributed by atoms with E-state index in [1.54, 1.807) is 22.9 Å². The highest BCUT2D eigenvalue weighted by atomic mass is 35.5. The summed E-state index contributed by atoms with van der Waals surface area (Å²) in [6.07, 6.45) is 3.28. The number of anilines is 2. The highest BCUT2D eigenvalue weighted by Crippen LogP contribution is 2.42. The number of halogens is 2. The number of nitriles is 2. The van der Waals surface area contributed by atoms with E-state index < -0.39 is 11.9 Å². The van der Waals surface area contributed by atoms with Crippen molar-refractivity contribution in [2.24, 2.45) is 5.41 Å². The van der Waals surface area contributed by atoms with E-state index in [4.69, 9.17) is 19.4 Å². The van der Waals surface area contributed by atoms with Crippen LogP contribution in [0.25, 0.3) is 10.9 Å². The van der Waals surface area contributed by atoms with Gasteiger partial charge < -0.3 is 10.6 Å². The molecule has 1 fully saturated rings. The van der Waals surface area contributed by atoms with Crippen LogP contribution in [0.5, 0.6) is 0 Å². The zero-order chi connectivity index (χ0) is 28.8. The average Bonchev–Trinajstić information content (AvgIpc) is 3.53. The van der Waals surface area contributed by atoms with E-state index in [0.717, 1.165) is 12.8 Å². The lowest BCUT2D eigenvalue weighted by atomic mass is 9.92. The molecule has 0 spiro atoms. The topological polar surface area (TPSA) is 115 Å². The summed E-state index contributed by atoms with van der Waals surface area (Å²) in [6, 6.07) is 11.3. The van der Waals surface area contributed by atoms with Gasteiger partial charge in [-0.15, -0.1) is 5.10 Å². The minimum Gasteiger partial charge on any atom is -0.383 e. The second kappa shape index (κ2) is 10.1. The summed E-state index contributed by atoms with van der Waals surface area (Å²) in [7, 11) is 6.53. The van der Waals surface area contributed by atoms with Gasteiger partial charge in [0.2, 0.25) is 0 Å². The molecule has 0 saturated heterocycles. The van der Waals surface area contributed by atoms with Crippen LogP contribution in [-0.4, -0.2) is 34.4 Å². The van der Waals surface area contributed by atoms with Gasteiger partial charge in [-0.3, -0.25) is 9.67 Å². The van der Waals surface area contributed by atoms with Crippen LogP contribution in [0.1, 0.15) is 69.0 Å². The van der Waals surface area contributed by atoms with E-state index in [1.165, 1.54) is 18.3 Å². The Balaban J connectivity index is 1.68. The SMILES string of the molecule is [B]c1c([C@@H](Nc2cc(C#N)c3ncc(C#N)c(NCC(C)(C)C)c3c2)c2c(F)cccc2Cl)nnn1C1(C)CC1. The molecule has 1 atom stereocenters. The first kappa shape index (κ1) is 27.4. The van der Waals surface area contributed by atoms with Gasteiger partial charge >= 0.3 is 0 Å². The van der Waals surface area contributed by atoms with Crippen molar-refractivity contribution >= 4 is 47.3 Å². The summed E-state index contributed by atoms with van der Waals surface area (Å²) in [5.41, 5.74) is 2.56. The molecular formula is C29H27BClFN8. The van der Waals surface area contributed by atoms with Crippen molar-refractivity contribution in [1.82, 2.24) is 20.0 Å². The Morgan fingerprint density at radius 2 is 1.93 bits per heavy atom. The van der Waals surface area contributed by atoms with E-state index in [2.05, 4.69) is 58.8 Å². The first-order valence-electron chi connectivity index (χ1n) is 12.9. The summed E-state index contributed by atoms with van der Waals surface area (Å²) >= 11 is 6.52. The fourth-order valence-corrected chi connectivity index (χ4v) is 4.90. The van der Waals surface area contributed by atoms with Crippen molar-refractivity contribution in [3.63, 3.8) is 0 Å². The number of hydrogen-bond donors (Lipinski definition) is 2. The zero-order valence-corrected chi connectivity index (χ0v) is 23.4. The molecule has 8 nitrogen and oxygen atoms in total. The summed E-state index contributed by atoms with van der Waals surface area (Å²) in [4.78, 5) is 4.40. The Hall–Kier alpha value is -4.15. The molecule has 0 aliphatic heterocycles. The molecule has 0 bridgehead atoms. The van der Waals surface area contributed by atoms with Crippen molar-refractivity contribution in [1.29, 1.82) is 10.5 Å². The van der Waals surface area contributed by atoms with Crippen LogP contribution in [0, 0.1) is 33.9 Å². The van der Waals surface area contributed by atoms with Crippen LogP contribution in [0.2, 0.25) is 5.02 Å². The highest BCUT2D eigenvalue weighted by molar-refractivity contribution is 6.32. The first-order chi connectivity index (χ1) is 19.0. The number of aromatic nitrogens is 4. The van der Waals surface area contributed by atoms with Crippen LogP contribution >= 0.6 is 11.6 Å². The molecule has 2 heterocycles. The Morgan fingerprint density at radius 3 is 2.55 bits per heavy atom. The molecule has 0 amide bonds. The molecule has 5 rings (SSSR count). The third-order valence-corrected chi connectivity index (χ3v) is 7.43. The number of benzene rings is 2. The van der Waals surface area contributed by atoms with Gasteiger partial charge in [-0.05, 0) is 49.4 Å². The van der Waals surface area contributed by atoms with Crippen molar-refractivity contribution in [3.05, 3.63) is 69.8 Å². The third kappa shape index (κ3) is 5.08. The summed E-state index contributed by atoms with van der Waals surface area (Å²) in [6.45, 7) is 8.84. The molecule has 1 aliphatic rings. The highest BCUT2D eigenvalue weighted by Gasteiger charge is 2.42. The minimum atomic E-state index is -0.924. The Bertz CT molecular complexity index is 1690. The Kier molecular flexibility index (Phi) is 6.93. The van der Waals surface area contributed by atoms with Crippen LogP contribution < -0.4 is 16.2 Å².